The summed E-state index contributed by atoms with van der Waals surface area (Å²) >= 11 is 0. The standard InChI is InChI=1S/C26H23N5O5/c1-3-13-31-25(33)20-9-5-4-8-19(20)23(30-31)24(32)29-28-15-17-10-11-21(22(14-17)35-2)36-26(34)18-7-6-12-27-16-18/h4-12,14-16H,3,13H2,1-2H3,(H,29,32)/b28-15+. The molecule has 0 spiro atoms. The van der Waals surface area contributed by atoms with E-state index in [1.165, 1.54) is 24.2 Å². The first kappa shape index (κ1) is 24.3. The van der Waals surface area contributed by atoms with Crippen LogP contribution < -0.4 is 20.5 Å². The summed E-state index contributed by atoms with van der Waals surface area (Å²) in [6, 6.07) is 14.9. The molecule has 2 aromatic heterocycles. The third kappa shape index (κ3) is 5.27. The number of aromatic nitrogens is 3. The molecule has 1 amide bonds. The second-order valence-electron chi connectivity index (χ2n) is 7.66. The number of benzene rings is 2. The smallest absolute Gasteiger partial charge is 0.345 e. The highest BCUT2D eigenvalue weighted by Crippen LogP contribution is 2.28. The third-order valence-electron chi connectivity index (χ3n) is 5.19. The summed E-state index contributed by atoms with van der Waals surface area (Å²) in [7, 11) is 1.45. The molecular formula is C26H23N5O5. The number of pyridine rings is 1. The predicted octanol–water partition coefficient (Wildman–Crippen LogP) is 3.19. The van der Waals surface area contributed by atoms with Crippen LogP contribution in [0.1, 0.15) is 39.8 Å². The van der Waals surface area contributed by atoms with Gasteiger partial charge in [-0.3, -0.25) is 14.6 Å². The average Bonchev–Trinajstić information content (AvgIpc) is 2.91. The molecule has 0 aliphatic rings. The summed E-state index contributed by atoms with van der Waals surface area (Å²) in [4.78, 5) is 41.7. The van der Waals surface area contributed by atoms with Gasteiger partial charge in [0.25, 0.3) is 11.5 Å². The lowest BCUT2D eigenvalue weighted by atomic mass is 10.1. The van der Waals surface area contributed by atoms with Crippen LogP contribution in [-0.4, -0.2) is 40.0 Å². The zero-order valence-electron chi connectivity index (χ0n) is 19.7. The number of hydrogen-bond acceptors (Lipinski definition) is 8. The van der Waals surface area contributed by atoms with Gasteiger partial charge in [0.2, 0.25) is 0 Å². The molecule has 4 aromatic rings. The molecular weight excluding hydrogens is 462 g/mol. The van der Waals surface area contributed by atoms with Gasteiger partial charge in [-0.2, -0.15) is 10.2 Å². The Morgan fingerprint density at radius 1 is 1.08 bits per heavy atom. The highest BCUT2D eigenvalue weighted by Gasteiger charge is 2.16. The number of hydrazone groups is 1. The lowest BCUT2D eigenvalue weighted by Gasteiger charge is -2.10. The number of rotatable bonds is 8. The molecule has 0 unspecified atom stereocenters. The second-order valence-corrected chi connectivity index (χ2v) is 7.66. The van der Waals surface area contributed by atoms with Crippen LogP contribution in [0.15, 0.2) is 76.9 Å². The number of methoxy groups -OCH3 is 1. The van der Waals surface area contributed by atoms with Gasteiger partial charge < -0.3 is 9.47 Å². The van der Waals surface area contributed by atoms with Gasteiger partial charge in [0.05, 0.1) is 24.3 Å². The van der Waals surface area contributed by atoms with E-state index in [1.54, 1.807) is 60.8 Å². The lowest BCUT2D eigenvalue weighted by molar-refractivity contribution is 0.0729. The fraction of sp³-hybridized carbons (Fsp3) is 0.154. The molecule has 2 aromatic carbocycles. The molecule has 36 heavy (non-hydrogen) atoms. The summed E-state index contributed by atoms with van der Waals surface area (Å²) in [6.07, 6.45) is 5.08. The number of nitrogens with zero attached hydrogens (tertiary/aromatic N) is 4. The lowest BCUT2D eigenvalue weighted by Crippen LogP contribution is -2.29. The van der Waals surface area contributed by atoms with Crippen LogP contribution in [-0.2, 0) is 6.54 Å². The molecule has 10 nitrogen and oxygen atoms in total. The number of aryl methyl sites for hydroxylation is 1. The minimum atomic E-state index is -0.570. The average molecular weight is 486 g/mol. The van der Waals surface area contributed by atoms with Crippen LogP contribution in [0.3, 0.4) is 0 Å². The van der Waals surface area contributed by atoms with Crippen molar-refractivity contribution in [2.75, 3.05) is 7.11 Å². The number of hydrogen-bond donors (Lipinski definition) is 1. The minimum Gasteiger partial charge on any atom is -0.493 e. The van der Waals surface area contributed by atoms with Gasteiger partial charge in [-0.25, -0.2) is 14.9 Å². The molecule has 1 N–H and O–H groups in total. The van der Waals surface area contributed by atoms with E-state index in [-0.39, 0.29) is 17.0 Å². The van der Waals surface area contributed by atoms with Crippen molar-refractivity contribution < 1.29 is 19.1 Å². The molecule has 0 bridgehead atoms. The van der Waals surface area contributed by atoms with Gasteiger partial charge in [-0.1, -0.05) is 25.1 Å². The zero-order valence-corrected chi connectivity index (χ0v) is 19.7. The number of amides is 1. The first-order chi connectivity index (χ1) is 17.5. The van der Waals surface area contributed by atoms with E-state index < -0.39 is 11.9 Å². The molecule has 182 valence electrons. The maximum absolute atomic E-state index is 12.9. The number of esters is 1. The van der Waals surface area contributed by atoms with E-state index in [9.17, 15) is 14.4 Å². The van der Waals surface area contributed by atoms with Crippen LogP contribution in [0.2, 0.25) is 0 Å². The van der Waals surface area contributed by atoms with E-state index in [4.69, 9.17) is 9.47 Å². The maximum Gasteiger partial charge on any atom is 0.345 e. The summed E-state index contributed by atoms with van der Waals surface area (Å²) in [5, 5.41) is 9.13. The topological polar surface area (TPSA) is 125 Å². The fourth-order valence-electron chi connectivity index (χ4n) is 3.48. The van der Waals surface area contributed by atoms with Gasteiger partial charge in [0.15, 0.2) is 17.2 Å². The van der Waals surface area contributed by atoms with Crippen molar-refractivity contribution in [3.63, 3.8) is 0 Å². The summed E-state index contributed by atoms with van der Waals surface area (Å²) in [5.41, 5.74) is 3.20. The summed E-state index contributed by atoms with van der Waals surface area (Å²) in [6.45, 7) is 2.32. The third-order valence-corrected chi connectivity index (χ3v) is 5.19. The van der Waals surface area contributed by atoms with E-state index in [0.717, 1.165) is 0 Å². The van der Waals surface area contributed by atoms with E-state index in [1.807, 2.05) is 6.92 Å². The van der Waals surface area contributed by atoms with Crippen molar-refractivity contribution in [1.82, 2.24) is 20.2 Å². The van der Waals surface area contributed by atoms with Crippen LogP contribution in [0.25, 0.3) is 10.8 Å². The first-order valence-electron chi connectivity index (χ1n) is 11.1. The van der Waals surface area contributed by atoms with Crippen molar-refractivity contribution in [3.8, 4) is 11.5 Å². The Labute approximate surface area is 206 Å². The van der Waals surface area contributed by atoms with Crippen LogP contribution in [0, 0.1) is 0 Å². The summed E-state index contributed by atoms with van der Waals surface area (Å²) < 4.78 is 12.0. The maximum atomic E-state index is 12.9. The highest BCUT2D eigenvalue weighted by molar-refractivity contribution is 6.05. The van der Waals surface area contributed by atoms with Gasteiger partial charge in [-0.05, 0) is 48.4 Å². The van der Waals surface area contributed by atoms with E-state index >= 15 is 0 Å². The molecule has 4 rings (SSSR count). The normalized spacial score (nSPS) is 10.9. The minimum absolute atomic E-state index is 0.103. The SMILES string of the molecule is CCCn1nc(C(=O)N/N=C/c2ccc(OC(=O)c3cccnc3)c(OC)c2)c2ccccc2c1=O. The predicted molar refractivity (Wildman–Crippen MR) is 134 cm³/mol. The molecule has 0 radical (unpaired) electrons. The Kier molecular flexibility index (Phi) is 7.45. The van der Waals surface area contributed by atoms with Crippen LogP contribution >= 0.6 is 0 Å². The Morgan fingerprint density at radius 2 is 1.89 bits per heavy atom. The summed E-state index contributed by atoms with van der Waals surface area (Å²) in [5.74, 6) is -0.594. The Morgan fingerprint density at radius 3 is 2.61 bits per heavy atom. The number of carbonyl (C=O) groups excluding carboxylic acids is 2. The molecule has 0 aliphatic heterocycles. The number of ether oxygens (including phenoxy) is 2. The molecule has 2 heterocycles. The molecule has 0 saturated heterocycles. The number of nitrogens with one attached hydrogen (secondary N) is 1. The Balaban J connectivity index is 1.51. The van der Waals surface area contributed by atoms with Gasteiger partial charge in [0.1, 0.15) is 0 Å². The number of carbonyl (C=O) groups is 2. The largest absolute Gasteiger partial charge is 0.493 e. The number of fused-ring (bicyclic) bond motifs is 1. The Bertz CT molecular complexity index is 1500. The highest BCUT2D eigenvalue weighted by atomic mass is 16.6. The first-order valence-corrected chi connectivity index (χ1v) is 11.1. The molecule has 0 fully saturated rings. The van der Waals surface area contributed by atoms with Crippen molar-refractivity contribution in [2.24, 2.45) is 5.10 Å². The van der Waals surface area contributed by atoms with Gasteiger partial charge >= 0.3 is 5.97 Å². The van der Waals surface area contributed by atoms with Crippen molar-refractivity contribution >= 4 is 28.9 Å². The van der Waals surface area contributed by atoms with Gasteiger partial charge in [-0.15, -0.1) is 0 Å². The monoisotopic (exact) mass is 485 g/mol. The van der Waals surface area contributed by atoms with Crippen molar-refractivity contribution in [2.45, 2.75) is 19.9 Å². The zero-order chi connectivity index (χ0) is 25.5. The van der Waals surface area contributed by atoms with E-state index in [2.05, 4.69) is 20.6 Å². The quantitative estimate of drug-likeness (QED) is 0.176. The second kappa shape index (κ2) is 11.0. The molecule has 0 saturated carbocycles. The fourth-order valence-corrected chi connectivity index (χ4v) is 3.48. The molecule has 0 atom stereocenters. The Hall–Kier alpha value is -4.86. The molecule has 10 heteroatoms. The molecule has 0 aliphatic carbocycles. The van der Waals surface area contributed by atoms with E-state index in [0.29, 0.717) is 40.6 Å². The van der Waals surface area contributed by atoms with Crippen LogP contribution in [0.5, 0.6) is 11.5 Å². The van der Waals surface area contributed by atoms with Crippen LogP contribution in [0.4, 0.5) is 0 Å². The van der Waals surface area contributed by atoms with Gasteiger partial charge in [0, 0.05) is 24.3 Å². The van der Waals surface area contributed by atoms with Crippen molar-refractivity contribution in [3.05, 3.63) is 94.2 Å². The van der Waals surface area contributed by atoms with Crippen molar-refractivity contribution in [1.29, 1.82) is 0 Å².